The number of piperidine rings is 1. The fourth-order valence-corrected chi connectivity index (χ4v) is 6.37. The third-order valence-electron chi connectivity index (χ3n) is 8.81. The minimum atomic E-state index is -0.195. The monoisotopic (exact) mass is 551 g/mol. The Kier molecular flexibility index (Phi) is 9.68. The smallest absolute Gasteiger partial charge is 0.253 e. The number of nitrogens with zero attached hydrogens (tertiary/aromatic N) is 1. The van der Waals surface area contributed by atoms with Crippen molar-refractivity contribution in [2.75, 3.05) is 25.1 Å². The van der Waals surface area contributed by atoms with Crippen LogP contribution in [0.25, 0.3) is 0 Å². The summed E-state index contributed by atoms with van der Waals surface area (Å²) in [5.41, 5.74) is 5.73. The normalized spacial score (nSPS) is 22.9. The second-order valence-electron chi connectivity index (χ2n) is 11.7. The van der Waals surface area contributed by atoms with E-state index in [0.717, 1.165) is 73.1 Å². The summed E-state index contributed by atoms with van der Waals surface area (Å²) < 4.78 is 0. The number of aromatic nitrogens is 1. The van der Waals surface area contributed by atoms with Gasteiger partial charge in [0.25, 0.3) is 11.5 Å². The first-order chi connectivity index (χ1) is 19.1. The van der Waals surface area contributed by atoms with Crippen LogP contribution in [0, 0.1) is 20.8 Å². The van der Waals surface area contributed by atoms with Gasteiger partial charge in [0.15, 0.2) is 0 Å². The second-order valence-corrected chi connectivity index (χ2v) is 11.7. The zero-order chi connectivity index (χ0) is 29.0. The van der Waals surface area contributed by atoms with Gasteiger partial charge in [0.2, 0.25) is 5.91 Å². The molecule has 2 aromatic rings. The Labute approximate surface area is 237 Å². The highest BCUT2D eigenvalue weighted by Gasteiger charge is 2.29. The molecule has 9 nitrogen and oxygen atoms in total. The molecule has 1 aromatic heterocycles. The van der Waals surface area contributed by atoms with Crippen LogP contribution in [0.4, 0.5) is 5.69 Å². The van der Waals surface area contributed by atoms with Gasteiger partial charge in [0.05, 0.1) is 6.61 Å². The van der Waals surface area contributed by atoms with Crippen LogP contribution < -0.4 is 26.4 Å². The molecule has 4 rings (SSSR count). The number of carbonyl (C=O) groups is 2. The number of carbonyl (C=O) groups excluding carboxylic acids is 2. The molecule has 1 saturated heterocycles. The molecule has 0 spiro atoms. The Bertz CT molecular complexity index is 1270. The average Bonchev–Trinajstić information content (AvgIpc) is 2.92. The molecule has 2 atom stereocenters. The number of hydrogen-bond acceptors (Lipinski definition) is 6. The fraction of sp³-hybridized carbons (Fsp3) is 0.581. The summed E-state index contributed by atoms with van der Waals surface area (Å²) >= 11 is 0. The van der Waals surface area contributed by atoms with Crippen LogP contribution in [0.2, 0.25) is 0 Å². The van der Waals surface area contributed by atoms with E-state index in [0.29, 0.717) is 17.2 Å². The minimum Gasteiger partial charge on any atom is -0.395 e. The van der Waals surface area contributed by atoms with Crippen molar-refractivity contribution in [2.24, 2.45) is 0 Å². The third kappa shape index (κ3) is 6.93. The number of aliphatic hydroxyl groups is 1. The minimum absolute atomic E-state index is 0.0170. The quantitative estimate of drug-likeness (QED) is 0.343. The molecule has 1 aliphatic carbocycles. The largest absolute Gasteiger partial charge is 0.395 e. The first kappa shape index (κ1) is 29.8. The summed E-state index contributed by atoms with van der Waals surface area (Å²) in [6.45, 7) is 8.33. The van der Waals surface area contributed by atoms with Crippen LogP contribution in [0.3, 0.4) is 0 Å². The van der Waals surface area contributed by atoms with Crippen molar-refractivity contribution in [1.82, 2.24) is 20.9 Å². The van der Waals surface area contributed by atoms with Crippen molar-refractivity contribution >= 4 is 17.5 Å². The van der Waals surface area contributed by atoms with Gasteiger partial charge in [-0.1, -0.05) is 0 Å². The van der Waals surface area contributed by atoms with Crippen molar-refractivity contribution in [3.8, 4) is 0 Å². The summed E-state index contributed by atoms with van der Waals surface area (Å²) in [5.74, 6) is 0.0582. The predicted molar refractivity (Wildman–Crippen MR) is 158 cm³/mol. The molecule has 1 saturated carbocycles. The number of aromatic amines is 1. The van der Waals surface area contributed by atoms with Crippen LogP contribution in [-0.4, -0.2) is 60.2 Å². The molecule has 9 heteroatoms. The molecule has 1 aromatic carbocycles. The van der Waals surface area contributed by atoms with Gasteiger partial charge in [-0.15, -0.1) is 0 Å². The van der Waals surface area contributed by atoms with E-state index >= 15 is 0 Å². The van der Waals surface area contributed by atoms with Gasteiger partial charge >= 0.3 is 0 Å². The Morgan fingerprint density at radius 3 is 2.38 bits per heavy atom. The zero-order valence-corrected chi connectivity index (χ0v) is 24.5. The number of hydrogen-bond donors (Lipinski definition) is 5. The summed E-state index contributed by atoms with van der Waals surface area (Å²) in [4.78, 5) is 42.8. The molecule has 2 heterocycles. The molecular formula is C31H45N5O4. The van der Waals surface area contributed by atoms with E-state index in [2.05, 4.69) is 38.9 Å². The standard InChI is InChI=1S/C31H45N5O4/c1-18-12-19(2)34-31(40)28(18)16-33-30(39)27-13-23(22-6-7-25(17-37)32-15-22)14-29(20(27)3)36(5)26-10-8-24(9-11-26)35-21(4)38/h12-14,22,24-26,32,37H,6-11,15-17H2,1-5H3,(H,33,39)(H,34,40)(H,35,38). The number of aryl methyl sites for hydroxylation is 2. The highest BCUT2D eigenvalue weighted by atomic mass is 16.3. The van der Waals surface area contributed by atoms with Crippen molar-refractivity contribution in [1.29, 1.82) is 0 Å². The molecule has 5 N–H and O–H groups in total. The second kappa shape index (κ2) is 13.0. The van der Waals surface area contributed by atoms with E-state index in [4.69, 9.17) is 0 Å². The lowest BCUT2D eigenvalue weighted by Gasteiger charge is -2.38. The lowest BCUT2D eigenvalue weighted by Crippen LogP contribution is -2.42. The van der Waals surface area contributed by atoms with Gasteiger partial charge in [-0.3, -0.25) is 14.4 Å². The molecule has 2 amide bonds. The molecule has 0 radical (unpaired) electrons. The Morgan fingerprint density at radius 1 is 1.05 bits per heavy atom. The van der Waals surface area contributed by atoms with E-state index < -0.39 is 0 Å². The first-order valence-corrected chi connectivity index (χ1v) is 14.5. The van der Waals surface area contributed by atoms with Crippen LogP contribution in [0.1, 0.15) is 89.7 Å². The Balaban J connectivity index is 1.60. The molecule has 0 bridgehead atoms. The SMILES string of the molecule is CC(=O)NC1CCC(N(C)c2cc(C3CCC(CO)NC3)cc(C(=O)NCc3c(C)cc(C)[nH]c3=O)c2C)CC1. The number of H-pyrrole nitrogens is 1. The summed E-state index contributed by atoms with van der Waals surface area (Å²) in [6.07, 6.45) is 5.60. The van der Waals surface area contributed by atoms with Crippen LogP contribution >= 0.6 is 0 Å². The maximum absolute atomic E-state index is 13.6. The van der Waals surface area contributed by atoms with Crippen molar-refractivity contribution in [3.05, 3.63) is 62.1 Å². The summed E-state index contributed by atoms with van der Waals surface area (Å²) in [7, 11) is 2.10. The van der Waals surface area contributed by atoms with E-state index in [-0.39, 0.29) is 48.5 Å². The van der Waals surface area contributed by atoms with Crippen LogP contribution in [0.5, 0.6) is 0 Å². The van der Waals surface area contributed by atoms with Crippen LogP contribution in [-0.2, 0) is 11.3 Å². The van der Waals surface area contributed by atoms with Gasteiger partial charge in [-0.05, 0) is 100 Å². The number of benzene rings is 1. The molecular weight excluding hydrogens is 506 g/mol. The van der Waals surface area contributed by atoms with Gasteiger partial charge in [-0.25, -0.2) is 0 Å². The van der Waals surface area contributed by atoms with Gasteiger partial charge in [0, 0.05) is 67.7 Å². The fourth-order valence-electron chi connectivity index (χ4n) is 6.37. The number of pyridine rings is 1. The molecule has 218 valence electrons. The Hall–Kier alpha value is -3.17. The molecule has 40 heavy (non-hydrogen) atoms. The molecule has 2 unspecified atom stereocenters. The van der Waals surface area contributed by atoms with Crippen molar-refractivity contribution in [3.63, 3.8) is 0 Å². The lowest BCUT2D eigenvalue weighted by molar-refractivity contribution is -0.119. The van der Waals surface area contributed by atoms with E-state index in [1.165, 1.54) is 0 Å². The van der Waals surface area contributed by atoms with Gasteiger partial charge < -0.3 is 30.9 Å². The van der Waals surface area contributed by atoms with E-state index in [1.807, 2.05) is 32.9 Å². The first-order valence-electron chi connectivity index (χ1n) is 14.5. The number of aliphatic hydroxyl groups excluding tert-OH is 1. The topological polar surface area (TPSA) is 127 Å². The maximum Gasteiger partial charge on any atom is 0.253 e. The highest BCUT2D eigenvalue weighted by molar-refractivity contribution is 5.97. The zero-order valence-electron chi connectivity index (χ0n) is 24.5. The van der Waals surface area contributed by atoms with E-state index in [1.54, 1.807) is 6.92 Å². The number of nitrogens with one attached hydrogen (secondary N) is 4. The molecule has 2 aliphatic rings. The highest BCUT2D eigenvalue weighted by Crippen LogP contribution is 2.35. The van der Waals surface area contributed by atoms with Crippen molar-refractivity contribution in [2.45, 2.75) is 96.8 Å². The van der Waals surface area contributed by atoms with E-state index in [9.17, 15) is 19.5 Å². The average molecular weight is 552 g/mol. The third-order valence-corrected chi connectivity index (χ3v) is 8.81. The van der Waals surface area contributed by atoms with Gasteiger partial charge in [0.1, 0.15) is 0 Å². The number of rotatable bonds is 8. The van der Waals surface area contributed by atoms with Gasteiger partial charge in [-0.2, -0.15) is 0 Å². The lowest BCUT2D eigenvalue weighted by atomic mass is 9.85. The Morgan fingerprint density at radius 2 is 1.77 bits per heavy atom. The summed E-state index contributed by atoms with van der Waals surface area (Å²) in [6, 6.07) is 6.79. The molecule has 2 fully saturated rings. The van der Waals surface area contributed by atoms with Crippen LogP contribution in [0.15, 0.2) is 23.0 Å². The molecule has 1 aliphatic heterocycles. The van der Waals surface area contributed by atoms with Crippen molar-refractivity contribution < 1.29 is 14.7 Å². The predicted octanol–water partition coefficient (Wildman–Crippen LogP) is 2.94. The summed E-state index contributed by atoms with van der Waals surface area (Å²) in [5, 5.41) is 19.1. The maximum atomic E-state index is 13.6. The number of anilines is 1. The number of amides is 2.